The number of halogens is 2. The van der Waals surface area contributed by atoms with Crippen molar-refractivity contribution in [1.29, 1.82) is 0 Å². The molecule has 1 saturated carbocycles. The van der Waals surface area contributed by atoms with Crippen molar-refractivity contribution in [1.82, 2.24) is 10.3 Å². The number of hydrogen-bond donors (Lipinski definition) is 3. The molecule has 2 aliphatic rings. The van der Waals surface area contributed by atoms with Gasteiger partial charge >= 0.3 is 6.29 Å². The number of rotatable bonds is 10. The van der Waals surface area contributed by atoms with Crippen molar-refractivity contribution in [3.63, 3.8) is 0 Å². The number of aromatic nitrogens is 1. The SMILES string of the molecule is Cc1ccc(NC(=O)C2(c3ccc4c(c3)OC(F)(F)O4)CC2)nc1-c1cccc(C(=O)NCCCCCN)c1. The van der Waals surface area contributed by atoms with Gasteiger partial charge in [0.1, 0.15) is 5.82 Å². The highest BCUT2D eigenvalue weighted by Crippen LogP contribution is 2.52. The van der Waals surface area contributed by atoms with E-state index in [0.29, 0.717) is 48.6 Å². The first-order chi connectivity index (χ1) is 18.7. The molecule has 0 radical (unpaired) electrons. The molecule has 204 valence electrons. The molecule has 1 aromatic heterocycles. The Morgan fingerprint density at radius 2 is 1.79 bits per heavy atom. The van der Waals surface area contributed by atoms with Crippen molar-refractivity contribution in [2.75, 3.05) is 18.4 Å². The Kier molecular flexibility index (Phi) is 7.22. The van der Waals surface area contributed by atoms with Crippen LogP contribution in [0.4, 0.5) is 14.6 Å². The van der Waals surface area contributed by atoms with Crippen LogP contribution in [0.25, 0.3) is 11.3 Å². The molecular weight excluding hydrogens is 506 g/mol. The minimum atomic E-state index is -3.72. The van der Waals surface area contributed by atoms with E-state index in [2.05, 4.69) is 25.1 Å². The molecule has 1 fully saturated rings. The fourth-order valence-corrected chi connectivity index (χ4v) is 4.70. The molecule has 1 aliphatic heterocycles. The lowest BCUT2D eigenvalue weighted by atomic mass is 9.94. The number of aryl methyl sites for hydroxylation is 1. The summed E-state index contributed by atoms with van der Waals surface area (Å²) in [6, 6.07) is 15.2. The molecule has 4 N–H and O–H groups in total. The summed E-state index contributed by atoms with van der Waals surface area (Å²) in [5.74, 6) is -0.241. The zero-order valence-corrected chi connectivity index (χ0v) is 21.6. The lowest BCUT2D eigenvalue weighted by Crippen LogP contribution is -2.28. The van der Waals surface area contributed by atoms with E-state index in [4.69, 9.17) is 5.73 Å². The quantitative estimate of drug-likeness (QED) is 0.317. The maximum absolute atomic E-state index is 13.4. The summed E-state index contributed by atoms with van der Waals surface area (Å²) in [7, 11) is 0. The molecule has 0 bridgehead atoms. The van der Waals surface area contributed by atoms with Crippen LogP contribution in [-0.4, -0.2) is 36.2 Å². The van der Waals surface area contributed by atoms with E-state index in [1.165, 1.54) is 12.1 Å². The summed E-state index contributed by atoms with van der Waals surface area (Å²) in [6.45, 7) is 3.13. The number of unbranched alkanes of at least 4 members (excludes halogenated alkanes) is 2. The zero-order valence-electron chi connectivity index (χ0n) is 21.6. The van der Waals surface area contributed by atoms with Crippen molar-refractivity contribution < 1.29 is 27.8 Å². The number of carbonyl (C=O) groups excluding carboxylic acids is 2. The second-order valence-corrected chi connectivity index (χ2v) is 9.91. The Morgan fingerprint density at radius 3 is 2.56 bits per heavy atom. The molecule has 1 aliphatic carbocycles. The topological polar surface area (TPSA) is 116 Å². The highest BCUT2D eigenvalue weighted by molar-refractivity contribution is 6.01. The van der Waals surface area contributed by atoms with Crippen LogP contribution in [-0.2, 0) is 10.2 Å². The number of pyridine rings is 1. The van der Waals surface area contributed by atoms with Crippen LogP contribution < -0.4 is 25.8 Å². The summed E-state index contributed by atoms with van der Waals surface area (Å²) < 4.78 is 35.9. The zero-order chi connectivity index (χ0) is 27.6. The average Bonchev–Trinajstić information content (AvgIpc) is 3.66. The summed E-state index contributed by atoms with van der Waals surface area (Å²) in [5, 5.41) is 5.82. The second kappa shape index (κ2) is 10.6. The van der Waals surface area contributed by atoms with Gasteiger partial charge < -0.3 is 25.8 Å². The van der Waals surface area contributed by atoms with Crippen LogP contribution in [0.15, 0.2) is 54.6 Å². The van der Waals surface area contributed by atoms with E-state index in [1.54, 1.807) is 30.3 Å². The van der Waals surface area contributed by atoms with E-state index in [0.717, 1.165) is 30.4 Å². The van der Waals surface area contributed by atoms with Gasteiger partial charge in [0.2, 0.25) is 5.91 Å². The van der Waals surface area contributed by atoms with Gasteiger partial charge in [-0.05, 0) is 80.6 Å². The highest BCUT2D eigenvalue weighted by atomic mass is 19.3. The third-order valence-corrected chi connectivity index (χ3v) is 7.04. The molecule has 3 aromatic rings. The number of amides is 2. The molecular formula is C29H30F2N4O4. The van der Waals surface area contributed by atoms with Crippen LogP contribution in [0, 0.1) is 6.92 Å². The third-order valence-electron chi connectivity index (χ3n) is 7.04. The highest BCUT2D eigenvalue weighted by Gasteiger charge is 2.53. The lowest BCUT2D eigenvalue weighted by Gasteiger charge is -2.17. The number of hydrogen-bond acceptors (Lipinski definition) is 6. The molecule has 2 aromatic carbocycles. The standard InChI is InChI=1S/C29H30F2N4O4/c1-18-8-11-24(34-25(18)19-6-5-7-20(16-19)26(36)33-15-4-2-3-14-32)35-27(37)28(12-13-28)21-9-10-22-23(17-21)39-29(30,31)38-22/h5-11,16-17H,2-4,12-15,32H2,1H3,(H,33,36)(H,34,35,37). The largest absolute Gasteiger partial charge is 0.586 e. The van der Waals surface area contributed by atoms with E-state index in [1.807, 2.05) is 19.1 Å². The van der Waals surface area contributed by atoms with Gasteiger partial charge in [-0.25, -0.2) is 4.98 Å². The van der Waals surface area contributed by atoms with E-state index < -0.39 is 11.7 Å². The van der Waals surface area contributed by atoms with Crippen molar-refractivity contribution in [2.24, 2.45) is 5.73 Å². The molecule has 0 spiro atoms. The van der Waals surface area contributed by atoms with Crippen LogP contribution >= 0.6 is 0 Å². The van der Waals surface area contributed by atoms with Gasteiger partial charge in [-0.2, -0.15) is 0 Å². The molecule has 5 rings (SSSR count). The number of fused-ring (bicyclic) bond motifs is 1. The minimum absolute atomic E-state index is 0.0627. The first-order valence-electron chi connectivity index (χ1n) is 13.0. The van der Waals surface area contributed by atoms with Gasteiger partial charge in [-0.1, -0.05) is 30.7 Å². The van der Waals surface area contributed by atoms with Crippen LogP contribution in [0.1, 0.15) is 53.6 Å². The normalized spacial score (nSPS) is 16.0. The van der Waals surface area contributed by atoms with Gasteiger partial charge in [0.15, 0.2) is 11.5 Å². The maximum Gasteiger partial charge on any atom is 0.586 e. The van der Waals surface area contributed by atoms with E-state index in [-0.39, 0.29) is 23.3 Å². The fourth-order valence-electron chi connectivity index (χ4n) is 4.70. The molecule has 10 heteroatoms. The summed E-state index contributed by atoms with van der Waals surface area (Å²) in [6.07, 6.45) is 0.175. The van der Waals surface area contributed by atoms with Gasteiger partial charge in [-0.3, -0.25) is 9.59 Å². The van der Waals surface area contributed by atoms with Gasteiger partial charge in [-0.15, -0.1) is 8.78 Å². The van der Waals surface area contributed by atoms with Gasteiger partial charge in [0.05, 0.1) is 11.1 Å². The Balaban J connectivity index is 1.30. The lowest BCUT2D eigenvalue weighted by molar-refractivity contribution is -0.286. The Bertz CT molecular complexity index is 1410. The molecule has 0 unspecified atom stereocenters. The van der Waals surface area contributed by atoms with Gasteiger partial charge in [0.25, 0.3) is 5.91 Å². The van der Waals surface area contributed by atoms with Crippen molar-refractivity contribution in [3.05, 3.63) is 71.3 Å². The van der Waals surface area contributed by atoms with Crippen LogP contribution in [0.2, 0.25) is 0 Å². The third kappa shape index (κ3) is 5.70. The number of nitrogens with one attached hydrogen (secondary N) is 2. The summed E-state index contributed by atoms with van der Waals surface area (Å²) >= 11 is 0. The minimum Gasteiger partial charge on any atom is -0.395 e. The van der Waals surface area contributed by atoms with Crippen molar-refractivity contribution >= 4 is 17.6 Å². The number of anilines is 1. The van der Waals surface area contributed by atoms with Crippen LogP contribution in [0.5, 0.6) is 11.5 Å². The smallest absolute Gasteiger partial charge is 0.395 e. The second-order valence-electron chi connectivity index (χ2n) is 9.91. The fraction of sp³-hybridized carbons (Fsp3) is 0.345. The first-order valence-corrected chi connectivity index (χ1v) is 13.0. The van der Waals surface area contributed by atoms with Crippen molar-refractivity contribution in [3.8, 4) is 22.8 Å². The molecule has 0 saturated heterocycles. The molecule has 39 heavy (non-hydrogen) atoms. The summed E-state index contributed by atoms with van der Waals surface area (Å²) in [5.41, 5.74) is 8.02. The summed E-state index contributed by atoms with van der Waals surface area (Å²) in [4.78, 5) is 30.7. The number of benzene rings is 2. The molecule has 2 amide bonds. The monoisotopic (exact) mass is 536 g/mol. The average molecular weight is 537 g/mol. The van der Waals surface area contributed by atoms with E-state index in [9.17, 15) is 18.4 Å². The Hall–Kier alpha value is -4.05. The van der Waals surface area contributed by atoms with Crippen LogP contribution in [0.3, 0.4) is 0 Å². The molecule has 8 nitrogen and oxygen atoms in total. The number of ether oxygens (including phenoxy) is 2. The predicted octanol–water partition coefficient (Wildman–Crippen LogP) is 4.91. The number of alkyl halides is 2. The number of nitrogens with zero attached hydrogens (tertiary/aromatic N) is 1. The number of carbonyl (C=O) groups is 2. The number of nitrogens with two attached hydrogens (primary N) is 1. The predicted molar refractivity (Wildman–Crippen MR) is 142 cm³/mol. The van der Waals surface area contributed by atoms with E-state index >= 15 is 0 Å². The Morgan fingerprint density at radius 1 is 1.00 bits per heavy atom. The first kappa shape index (κ1) is 26.6. The molecule has 2 heterocycles. The van der Waals surface area contributed by atoms with Crippen molar-refractivity contribution in [2.45, 2.75) is 50.7 Å². The Labute approximate surface area is 224 Å². The van der Waals surface area contributed by atoms with Gasteiger partial charge in [0, 0.05) is 17.7 Å². The molecule has 0 atom stereocenters. The maximum atomic E-state index is 13.4.